The minimum absolute atomic E-state index is 0.0849. The first kappa shape index (κ1) is 13.3. The quantitative estimate of drug-likeness (QED) is 0.775. The molecule has 100 valence electrons. The molecule has 0 atom stereocenters. The van der Waals surface area contributed by atoms with Gasteiger partial charge < -0.3 is 9.30 Å². The molecule has 0 saturated heterocycles. The maximum atomic E-state index is 12.3. The summed E-state index contributed by atoms with van der Waals surface area (Å²) >= 11 is 0. The van der Waals surface area contributed by atoms with E-state index in [4.69, 9.17) is 4.74 Å². The molecule has 0 aliphatic heterocycles. The Labute approximate surface area is 113 Å². The number of hydrogen-bond donors (Lipinski definition) is 0. The lowest BCUT2D eigenvalue weighted by atomic mass is 10.0. The van der Waals surface area contributed by atoms with Crippen LogP contribution in [0.2, 0.25) is 0 Å². The highest BCUT2D eigenvalue weighted by molar-refractivity contribution is 5.97. The number of ketones is 1. The van der Waals surface area contributed by atoms with Crippen LogP contribution in [0, 0.1) is 13.8 Å². The maximum absolute atomic E-state index is 12.3. The molecule has 1 aromatic carbocycles. The number of imidazole rings is 1. The van der Waals surface area contributed by atoms with E-state index >= 15 is 0 Å². The third kappa shape index (κ3) is 3.02. The Balaban J connectivity index is 2.24. The zero-order valence-electron chi connectivity index (χ0n) is 11.5. The van der Waals surface area contributed by atoms with Crippen molar-refractivity contribution in [1.29, 1.82) is 0 Å². The molecule has 4 nitrogen and oxygen atoms in total. The van der Waals surface area contributed by atoms with E-state index in [1.54, 1.807) is 23.3 Å². The van der Waals surface area contributed by atoms with Crippen LogP contribution >= 0.6 is 0 Å². The second-order valence-corrected chi connectivity index (χ2v) is 4.52. The van der Waals surface area contributed by atoms with Gasteiger partial charge in [-0.15, -0.1) is 0 Å². The van der Waals surface area contributed by atoms with Gasteiger partial charge in [0.2, 0.25) is 0 Å². The Morgan fingerprint density at radius 2 is 2.11 bits per heavy atom. The Morgan fingerprint density at radius 3 is 2.74 bits per heavy atom. The number of nitrogens with zero attached hydrogens (tertiary/aromatic N) is 2. The molecule has 0 unspecified atom stereocenters. The molecule has 0 radical (unpaired) electrons. The summed E-state index contributed by atoms with van der Waals surface area (Å²) in [5.74, 6) is 0.931. The lowest BCUT2D eigenvalue weighted by Crippen LogP contribution is -2.11. The van der Waals surface area contributed by atoms with E-state index in [1.165, 1.54) is 0 Å². The number of rotatable bonds is 5. The third-order valence-electron chi connectivity index (χ3n) is 3.01. The summed E-state index contributed by atoms with van der Waals surface area (Å²) in [6.07, 6.45) is 5.10. The SMILES string of the molecule is CCOc1cc(C)c(C(=O)Cn2ccnc2)cc1C. The van der Waals surface area contributed by atoms with Crippen molar-refractivity contribution >= 4 is 5.78 Å². The van der Waals surface area contributed by atoms with Crippen molar-refractivity contribution in [2.24, 2.45) is 0 Å². The van der Waals surface area contributed by atoms with Gasteiger partial charge in [-0.3, -0.25) is 4.79 Å². The molecule has 19 heavy (non-hydrogen) atoms. The molecule has 0 bridgehead atoms. The van der Waals surface area contributed by atoms with Crippen LogP contribution in [0.25, 0.3) is 0 Å². The zero-order valence-corrected chi connectivity index (χ0v) is 11.5. The fraction of sp³-hybridized carbons (Fsp3) is 0.333. The number of carbonyl (C=O) groups excluding carboxylic acids is 1. The van der Waals surface area contributed by atoms with Gasteiger partial charge in [-0.2, -0.15) is 0 Å². The number of carbonyl (C=O) groups is 1. The molecular formula is C15H18N2O2. The van der Waals surface area contributed by atoms with E-state index in [1.807, 2.05) is 32.9 Å². The molecule has 0 spiro atoms. The average molecular weight is 258 g/mol. The van der Waals surface area contributed by atoms with Gasteiger partial charge >= 0.3 is 0 Å². The highest BCUT2D eigenvalue weighted by Crippen LogP contribution is 2.23. The van der Waals surface area contributed by atoms with Crippen molar-refractivity contribution in [3.8, 4) is 5.75 Å². The van der Waals surface area contributed by atoms with Gasteiger partial charge in [0.15, 0.2) is 5.78 Å². The fourth-order valence-corrected chi connectivity index (χ4v) is 2.03. The van der Waals surface area contributed by atoms with Crippen molar-refractivity contribution in [3.05, 3.63) is 47.5 Å². The summed E-state index contributed by atoms with van der Waals surface area (Å²) in [6, 6.07) is 3.83. The number of benzene rings is 1. The Kier molecular flexibility index (Phi) is 4.00. The van der Waals surface area contributed by atoms with E-state index < -0.39 is 0 Å². The van der Waals surface area contributed by atoms with Crippen molar-refractivity contribution in [2.75, 3.05) is 6.61 Å². The first-order valence-corrected chi connectivity index (χ1v) is 6.34. The number of Topliss-reactive ketones (excluding diaryl/α,β-unsaturated/α-hetero) is 1. The van der Waals surface area contributed by atoms with Crippen LogP contribution < -0.4 is 4.74 Å². The fourth-order valence-electron chi connectivity index (χ4n) is 2.03. The molecule has 0 fully saturated rings. The van der Waals surface area contributed by atoms with Gasteiger partial charge in [0.1, 0.15) is 5.75 Å². The number of hydrogen-bond acceptors (Lipinski definition) is 3. The molecule has 2 rings (SSSR count). The molecule has 1 heterocycles. The van der Waals surface area contributed by atoms with Gasteiger partial charge in [-0.05, 0) is 44.0 Å². The molecule has 0 aliphatic carbocycles. The number of ether oxygens (including phenoxy) is 1. The van der Waals surface area contributed by atoms with Gasteiger partial charge in [0.25, 0.3) is 0 Å². The topological polar surface area (TPSA) is 44.1 Å². The van der Waals surface area contributed by atoms with Crippen molar-refractivity contribution in [1.82, 2.24) is 9.55 Å². The molecule has 2 aromatic rings. The molecule has 0 amide bonds. The van der Waals surface area contributed by atoms with Crippen molar-refractivity contribution < 1.29 is 9.53 Å². The number of aromatic nitrogens is 2. The third-order valence-corrected chi connectivity index (χ3v) is 3.01. The number of aryl methyl sites for hydroxylation is 2. The summed E-state index contributed by atoms with van der Waals surface area (Å²) in [6.45, 7) is 6.78. The Morgan fingerprint density at radius 1 is 1.32 bits per heavy atom. The van der Waals surface area contributed by atoms with E-state index in [2.05, 4.69) is 4.98 Å². The summed E-state index contributed by atoms with van der Waals surface area (Å²) in [5, 5.41) is 0. The van der Waals surface area contributed by atoms with Crippen LogP contribution in [0.3, 0.4) is 0 Å². The minimum atomic E-state index is 0.0849. The van der Waals surface area contributed by atoms with Crippen LogP contribution in [0.5, 0.6) is 5.75 Å². The first-order chi connectivity index (χ1) is 9.11. The molecule has 0 aliphatic rings. The van der Waals surface area contributed by atoms with Gasteiger partial charge in [-0.25, -0.2) is 4.98 Å². The summed E-state index contributed by atoms with van der Waals surface area (Å²) in [4.78, 5) is 16.2. The van der Waals surface area contributed by atoms with Crippen LogP contribution in [0.1, 0.15) is 28.4 Å². The van der Waals surface area contributed by atoms with Gasteiger partial charge in [0, 0.05) is 18.0 Å². The zero-order chi connectivity index (χ0) is 13.8. The monoisotopic (exact) mass is 258 g/mol. The first-order valence-electron chi connectivity index (χ1n) is 6.34. The van der Waals surface area contributed by atoms with Crippen molar-refractivity contribution in [2.45, 2.75) is 27.3 Å². The molecule has 0 N–H and O–H groups in total. The van der Waals surface area contributed by atoms with Crippen molar-refractivity contribution in [3.63, 3.8) is 0 Å². The van der Waals surface area contributed by atoms with E-state index in [0.717, 1.165) is 22.4 Å². The van der Waals surface area contributed by atoms with E-state index in [-0.39, 0.29) is 5.78 Å². The lowest BCUT2D eigenvalue weighted by Gasteiger charge is -2.12. The van der Waals surface area contributed by atoms with Crippen LogP contribution in [-0.4, -0.2) is 21.9 Å². The molecule has 1 aromatic heterocycles. The predicted octanol–water partition coefficient (Wildman–Crippen LogP) is 2.78. The smallest absolute Gasteiger partial charge is 0.182 e. The summed E-state index contributed by atoms with van der Waals surface area (Å²) in [5.41, 5.74) is 2.68. The highest BCUT2D eigenvalue weighted by atomic mass is 16.5. The standard InChI is InChI=1S/C15H18N2O2/c1-4-19-15-8-11(2)13(7-12(15)3)14(18)9-17-6-5-16-10-17/h5-8,10H,4,9H2,1-3H3. The minimum Gasteiger partial charge on any atom is -0.494 e. The van der Waals surface area contributed by atoms with E-state index in [9.17, 15) is 4.79 Å². The van der Waals surface area contributed by atoms with Crippen LogP contribution in [0.15, 0.2) is 30.9 Å². The molecular weight excluding hydrogens is 240 g/mol. The highest BCUT2D eigenvalue weighted by Gasteiger charge is 2.12. The average Bonchev–Trinajstić information content (AvgIpc) is 2.86. The normalized spacial score (nSPS) is 10.5. The lowest BCUT2D eigenvalue weighted by molar-refractivity contribution is 0.0971. The summed E-state index contributed by atoms with van der Waals surface area (Å²) in [7, 11) is 0. The van der Waals surface area contributed by atoms with E-state index in [0.29, 0.717) is 13.2 Å². The second-order valence-electron chi connectivity index (χ2n) is 4.52. The molecule has 4 heteroatoms. The summed E-state index contributed by atoms with van der Waals surface area (Å²) < 4.78 is 7.30. The van der Waals surface area contributed by atoms with Gasteiger partial charge in [0.05, 0.1) is 19.5 Å². The maximum Gasteiger partial charge on any atom is 0.182 e. The Hall–Kier alpha value is -2.10. The largest absolute Gasteiger partial charge is 0.494 e. The second kappa shape index (κ2) is 5.69. The van der Waals surface area contributed by atoms with Gasteiger partial charge in [-0.1, -0.05) is 0 Å². The van der Waals surface area contributed by atoms with Crippen LogP contribution in [-0.2, 0) is 6.54 Å². The van der Waals surface area contributed by atoms with Crippen LogP contribution in [0.4, 0.5) is 0 Å². The predicted molar refractivity (Wildman–Crippen MR) is 73.6 cm³/mol. The molecule has 0 saturated carbocycles. The Bertz CT molecular complexity index is 574.